The highest BCUT2D eigenvalue weighted by molar-refractivity contribution is 5.96. The molecule has 0 saturated heterocycles. The van der Waals surface area contributed by atoms with Crippen molar-refractivity contribution in [3.8, 4) is 5.75 Å². The van der Waals surface area contributed by atoms with Crippen LogP contribution in [0.1, 0.15) is 49.9 Å². The molecule has 0 aromatic heterocycles. The summed E-state index contributed by atoms with van der Waals surface area (Å²) in [5.41, 5.74) is 0.341. The lowest BCUT2D eigenvalue weighted by Crippen LogP contribution is -2.23. The molecule has 0 aliphatic heterocycles. The SMILES string of the molecule is CC(=O)c1cc(F)ccc1OC1CCC(C)CC1. The van der Waals surface area contributed by atoms with Crippen molar-refractivity contribution in [1.82, 2.24) is 0 Å². The van der Waals surface area contributed by atoms with E-state index in [4.69, 9.17) is 4.74 Å². The Morgan fingerprint density at radius 3 is 2.56 bits per heavy atom. The van der Waals surface area contributed by atoms with Gasteiger partial charge in [-0.15, -0.1) is 0 Å². The molecule has 1 aromatic carbocycles. The Morgan fingerprint density at radius 1 is 1.28 bits per heavy atom. The zero-order chi connectivity index (χ0) is 13.1. The third-order valence-electron chi connectivity index (χ3n) is 3.58. The van der Waals surface area contributed by atoms with Gasteiger partial charge in [0, 0.05) is 0 Å². The van der Waals surface area contributed by atoms with Crippen molar-refractivity contribution >= 4 is 5.78 Å². The quantitative estimate of drug-likeness (QED) is 0.758. The topological polar surface area (TPSA) is 26.3 Å². The average Bonchev–Trinajstić information content (AvgIpc) is 2.34. The Labute approximate surface area is 107 Å². The van der Waals surface area contributed by atoms with E-state index in [0.717, 1.165) is 31.6 Å². The Kier molecular flexibility index (Phi) is 4.00. The van der Waals surface area contributed by atoms with E-state index in [1.54, 1.807) is 6.07 Å². The van der Waals surface area contributed by atoms with Crippen LogP contribution < -0.4 is 4.74 Å². The summed E-state index contributed by atoms with van der Waals surface area (Å²) in [5.74, 6) is 0.715. The van der Waals surface area contributed by atoms with Gasteiger partial charge in [0.15, 0.2) is 5.78 Å². The van der Waals surface area contributed by atoms with Crippen molar-refractivity contribution < 1.29 is 13.9 Å². The van der Waals surface area contributed by atoms with Crippen LogP contribution in [0.25, 0.3) is 0 Å². The predicted octanol–water partition coefficient (Wildman–Crippen LogP) is 3.99. The monoisotopic (exact) mass is 250 g/mol. The molecule has 2 nitrogen and oxygen atoms in total. The Morgan fingerprint density at radius 2 is 1.94 bits per heavy atom. The molecule has 0 atom stereocenters. The molecule has 1 aromatic rings. The summed E-state index contributed by atoms with van der Waals surface area (Å²) in [7, 11) is 0. The highest BCUT2D eigenvalue weighted by atomic mass is 19.1. The fraction of sp³-hybridized carbons (Fsp3) is 0.533. The van der Waals surface area contributed by atoms with Gasteiger partial charge in [-0.25, -0.2) is 4.39 Å². The Hall–Kier alpha value is -1.38. The van der Waals surface area contributed by atoms with E-state index in [0.29, 0.717) is 11.3 Å². The van der Waals surface area contributed by atoms with Crippen LogP contribution in [0.15, 0.2) is 18.2 Å². The molecule has 3 heteroatoms. The van der Waals surface area contributed by atoms with E-state index in [9.17, 15) is 9.18 Å². The van der Waals surface area contributed by atoms with E-state index in [1.807, 2.05) is 0 Å². The van der Waals surface area contributed by atoms with Gasteiger partial charge in [-0.1, -0.05) is 6.92 Å². The van der Waals surface area contributed by atoms with Gasteiger partial charge in [0.1, 0.15) is 11.6 Å². The maximum Gasteiger partial charge on any atom is 0.163 e. The summed E-state index contributed by atoms with van der Waals surface area (Å²) < 4.78 is 19.0. The van der Waals surface area contributed by atoms with Crippen molar-refractivity contribution in [2.75, 3.05) is 0 Å². The molecular formula is C15H19FO2. The van der Waals surface area contributed by atoms with Gasteiger partial charge in [0.25, 0.3) is 0 Å². The molecule has 1 saturated carbocycles. The fourth-order valence-electron chi connectivity index (χ4n) is 2.41. The minimum Gasteiger partial charge on any atom is -0.490 e. The smallest absolute Gasteiger partial charge is 0.163 e. The molecule has 0 radical (unpaired) electrons. The number of Topliss-reactive ketones (excluding diaryl/α,β-unsaturated/α-hetero) is 1. The molecule has 0 N–H and O–H groups in total. The summed E-state index contributed by atoms with van der Waals surface area (Å²) in [6.07, 6.45) is 4.48. The molecule has 2 rings (SSSR count). The second-order valence-corrected chi connectivity index (χ2v) is 5.20. The van der Waals surface area contributed by atoms with Gasteiger partial charge in [-0.05, 0) is 56.7 Å². The first-order valence-corrected chi connectivity index (χ1v) is 6.53. The predicted molar refractivity (Wildman–Crippen MR) is 68.5 cm³/mol. The number of benzene rings is 1. The molecule has 0 amide bonds. The molecule has 0 bridgehead atoms. The first kappa shape index (κ1) is 13.1. The fourth-order valence-corrected chi connectivity index (χ4v) is 2.41. The molecule has 0 spiro atoms. The normalized spacial score (nSPS) is 23.7. The Bertz CT molecular complexity index is 434. The number of ketones is 1. The van der Waals surface area contributed by atoms with Gasteiger partial charge >= 0.3 is 0 Å². The number of carbonyl (C=O) groups excluding carboxylic acids is 1. The summed E-state index contributed by atoms with van der Waals surface area (Å²) in [6.45, 7) is 3.68. The largest absolute Gasteiger partial charge is 0.490 e. The van der Waals surface area contributed by atoms with Gasteiger partial charge in [0.05, 0.1) is 11.7 Å². The van der Waals surface area contributed by atoms with Crippen molar-refractivity contribution in [3.05, 3.63) is 29.6 Å². The van der Waals surface area contributed by atoms with Crippen LogP contribution in [-0.2, 0) is 0 Å². The van der Waals surface area contributed by atoms with Crippen LogP contribution in [0.5, 0.6) is 5.75 Å². The number of hydrogen-bond donors (Lipinski definition) is 0. The minimum absolute atomic E-state index is 0.157. The lowest BCUT2D eigenvalue weighted by atomic mass is 9.89. The molecule has 98 valence electrons. The van der Waals surface area contributed by atoms with Gasteiger partial charge in [-0.3, -0.25) is 4.79 Å². The lowest BCUT2D eigenvalue weighted by molar-refractivity contribution is 0.0995. The minimum atomic E-state index is -0.398. The molecule has 1 aliphatic carbocycles. The molecular weight excluding hydrogens is 231 g/mol. The van der Waals surface area contributed by atoms with E-state index >= 15 is 0 Å². The van der Waals surface area contributed by atoms with E-state index in [-0.39, 0.29) is 11.9 Å². The molecule has 0 unspecified atom stereocenters. The third-order valence-corrected chi connectivity index (χ3v) is 3.58. The van der Waals surface area contributed by atoms with Crippen LogP contribution in [-0.4, -0.2) is 11.9 Å². The molecule has 0 heterocycles. The first-order chi connectivity index (χ1) is 8.56. The molecule has 1 aliphatic rings. The maximum atomic E-state index is 13.1. The molecule has 18 heavy (non-hydrogen) atoms. The van der Waals surface area contributed by atoms with E-state index in [2.05, 4.69) is 6.92 Å². The van der Waals surface area contributed by atoms with Gasteiger partial charge in [-0.2, -0.15) is 0 Å². The van der Waals surface area contributed by atoms with Crippen LogP contribution in [0, 0.1) is 11.7 Å². The van der Waals surface area contributed by atoms with Crippen molar-refractivity contribution in [2.24, 2.45) is 5.92 Å². The van der Waals surface area contributed by atoms with Crippen molar-refractivity contribution in [1.29, 1.82) is 0 Å². The summed E-state index contributed by atoms with van der Waals surface area (Å²) in [6, 6.07) is 4.15. The summed E-state index contributed by atoms with van der Waals surface area (Å²) >= 11 is 0. The number of hydrogen-bond acceptors (Lipinski definition) is 2. The standard InChI is InChI=1S/C15H19FO2/c1-10-3-6-13(7-4-10)18-15-8-5-12(16)9-14(15)11(2)17/h5,8-10,13H,3-4,6-7H2,1-2H3. The average molecular weight is 250 g/mol. The second kappa shape index (κ2) is 5.51. The summed E-state index contributed by atoms with van der Waals surface area (Å²) in [4.78, 5) is 11.5. The highest BCUT2D eigenvalue weighted by Gasteiger charge is 2.21. The summed E-state index contributed by atoms with van der Waals surface area (Å²) in [5, 5.41) is 0. The Balaban J connectivity index is 2.11. The van der Waals surface area contributed by atoms with E-state index in [1.165, 1.54) is 19.1 Å². The van der Waals surface area contributed by atoms with Crippen molar-refractivity contribution in [3.63, 3.8) is 0 Å². The van der Waals surface area contributed by atoms with Crippen LogP contribution in [0.4, 0.5) is 4.39 Å². The van der Waals surface area contributed by atoms with Crippen LogP contribution in [0.3, 0.4) is 0 Å². The second-order valence-electron chi connectivity index (χ2n) is 5.20. The number of ether oxygens (including phenoxy) is 1. The van der Waals surface area contributed by atoms with Crippen LogP contribution >= 0.6 is 0 Å². The van der Waals surface area contributed by atoms with Gasteiger partial charge < -0.3 is 4.74 Å². The number of halogens is 1. The zero-order valence-electron chi connectivity index (χ0n) is 10.9. The molecule has 1 fully saturated rings. The number of rotatable bonds is 3. The first-order valence-electron chi connectivity index (χ1n) is 6.53. The lowest BCUT2D eigenvalue weighted by Gasteiger charge is -2.27. The highest BCUT2D eigenvalue weighted by Crippen LogP contribution is 2.29. The maximum absolute atomic E-state index is 13.1. The van der Waals surface area contributed by atoms with Crippen molar-refractivity contribution in [2.45, 2.75) is 45.6 Å². The third kappa shape index (κ3) is 3.09. The zero-order valence-corrected chi connectivity index (χ0v) is 10.9. The van der Waals surface area contributed by atoms with Gasteiger partial charge in [0.2, 0.25) is 0 Å². The number of carbonyl (C=O) groups is 1. The van der Waals surface area contributed by atoms with E-state index < -0.39 is 5.82 Å². The van der Waals surface area contributed by atoms with Crippen LogP contribution in [0.2, 0.25) is 0 Å².